The number of benzene rings is 1. The number of nitrogens with zero attached hydrogens (tertiary/aromatic N) is 2. The Morgan fingerprint density at radius 2 is 2.09 bits per heavy atom. The second-order valence-electron chi connectivity index (χ2n) is 7.67. The third kappa shape index (κ3) is 4.34. The van der Waals surface area contributed by atoms with Crippen molar-refractivity contribution in [1.82, 2.24) is 15.3 Å². The largest absolute Gasteiger partial charge is 0.375 e. The highest BCUT2D eigenvalue weighted by molar-refractivity contribution is 7.80. The molecule has 0 spiro atoms. The molecule has 32 heavy (non-hydrogen) atoms. The minimum atomic E-state index is -0.271. The van der Waals surface area contributed by atoms with Crippen molar-refractivity contribution in [3.63, 3.8) is 0 Å². The molecule has 0 radical (unpaired) electrons. The Hall–Kier alpha value is -2.94. The van der Waals surface area contributed by atoms with E-state index in [0.717, 1.165) is 28.3 Å². The first kappa shape index (κ1) is 22.3. The molecule has 3 N–H and O–H groups in total. The summed E-state index contributed by atoms with van der Waals surface area (Å²) in [4.78, 5) is 21.9. The van der Waals surface area contributed by atoms with Crippen LogP contribution in [0.4, 0.5) is 11.4 Å². The number of anilines is 2. The highest BCUT2D eigenvalue weighted by Crippen LogP contribution is 2.43. The normalized spacial score (nSPS) is 18.0. The number of pyridine rings is 1. The highest BCUT2D eigenvalue weighted by Gasteiger charge is 2.41. The van der Waals surface area contributed by atoms with Crippen LogP contribution in [0.5, 0.6) is 0 Å². The number of halogens is 1. The predicted molar refractivity (Wildman–Crippen MR) is 130 cm³/mol. The van der Waals surface area contributed by atoms with Crippen molar-refractivity contribution in [2.75, 3.05) is 23.9 Å². The summed E-state index contributed by atoms with van der Waals surface area (Å²) in [7, 11) is 1.47. The number of thiocarbonyl (C=S) groups is 1. The molecular weight excluding hydrogens is 446 g/mol. The summed E-state index contributed by atoms with van der Waals surface area (Å²) in [6.07, 6.45) is 1.78. The van der Waals surface area contributed by atoms with Gasteiger partial charge < -0.3 is 25.3 Å². The van der Waals surface area contributed by atoms with Gasteiger partial charge in [-0.2, -0.15) is 0 Å². The lowest BCUT2D eigenvalue weighted by Gasteiger charge is -2.28. The zero-order chi connectivity index (χ0) is 22.8. The van der Waals surface area contributed by atoms with E-state index >= 15 is 0 Å². The van der Waals surface area contributed by atoms with Gasteiger partial charge in [0.25, 0.3) is 0 Å². The van der Waals surface area contributed by atoms with Crippen LogP contribution in [-0.2, 0) is 9.53 Å². The van der Waals surface area contributed by atoms with E-state index in [4.69, 9.17) is 28.6 Å². The maximum atomic E-state index is 11.9. The van der Waals surface area contributed by atoms with Gasteiger partial charge in [0, 0.05) is 30.4 Å². The van der Waals surface area contributed by atoms with E-state index in [1.807, 2.05) is 31.2 Å². The molecule has 166 valence electrons. The van der Waals surface area contributed by atoms with Gasteiger partial charge in [-0.05, 0) is 68.0 Å². The molecule has 0 aliphatic carbocycles. The number of aromatic amines is 1. The maximum Gasteiger partial charge on any atom is 0.250 e. The fourth-order valence-electron chi connectivity index (χ4n) is 4.07. The number of amides is 1. The third-order valence-corrected chi connectivity index (χ3v) is 6.01. The van der Waals surface area contributed by atoms with Gasteiger partial charge in [-0.25, -0.2) is 0 Å². The van der Waals surface area contributed by atoms with Crippen LogP contribution in [0, 0.1) is 13.8 Å². The van der Waals surface area contributed by atoms with E-state index in [9.17, 15) is 4.79 Å². The number of nitrogens with one attached hydrogen (secondary N) is 3. The molecule has 9 heteroatoms. The Morgan fingerprint density at radius 3 is 2.72 bits per heavy atom. The van der Waals surface area contributed by atoms with Crippen LogP contribution in [0.3, 0.4) is 0 Å². The number of methoxy groups -OCH3 is 1. The number of hydrogen-bond acceptors (Lipinski definition) is 4. The first-order chi connectivity index (χ1) is 15.4. The zero-order valence-electron chi connectivity index (χ0n) is 18.0. The summed E-state index contributed by atoms with van der Waals surface area (Å²) in [6, 6.07) is 13.2. The van der Waals surface area contributed by atoms with E-state index < -0.39 is 0 Å². The predicted octanol–water partition coefficient (Wildman–Crippen LogP) is 4.44. The van der Waals surface area contributed by atoms with E-state index in [0.29, 0.717) is 15.8 Å². The Morgan fingerprint density at radius 1 is 1.28 bits per heavy atom. The number of rotatable bonds is 6. The van der Waals surface area contributed by atoms with Gasteiger partial charge in [-0.15, -0.1) is 0 Å². The molecule has 0 saturated carbocycles. The number of carbonyl (C=O) groups is 1. The van der Waals surface area contributed by atoms with Gasteiger partial charge in [-0.3, -0.25) is 9.78 Å². The number of ether oxygens (including phenoxy) is 1. The number of aromatic nitrogens is 2. The van der Waals surface area contributed by atoms with Crippen molar-refractivity contribution in [3.05, 3.63) is 76.3 Å². The van der Waals surface area contributed by atoms with Gasteiger partial charge >= 0.3 is 0 Å². The molecule has 1 amide bonds. The molecule has 3 aromatic rings. The minimum Gasteiger partial charge on any atom is -0.375 e. The van der Waals surface area contributed by atoms with Gasteiger partial charge in [0.15, 0.2) is 5.11 Å². The topological polar surface area (TPSA) is 82.3 Å². The lowest BCUT2D eigenvalue weighted by atomic mass is 9.96. The lowest BCUT2D eigenvalue weighted by Crippen LogP contribution is -2.29. The van der Waals surface area contributed by atoms with E-state index in [1.165, 1.54) is 7.11 Å². The summed E-state index contributed by atoms with van der Waals surface area (Å²) in [5, 5.41) is 7.18. The monoisotopic (exact) mass is 469 g/mol. The molecular formula is C23H24ClN5O2S. The molecule has 3 heterocycles. The Labute approximate surface area is 197 Å². The fourth-order valence-corrected chi connectivity index (χ4v) is 4.64. The molecule has 1 fully saturated rings. The molecule has 1 aromatic carbocycles. The smallest absolute Gasteiger partial charge is 0.250 e. The molecule has 2 atom stereocenters. The standard InChI is InChI=1S/C23H24ClN5O2S/c1-13-10-16(14(2)26-13)22-21(19-6-4-5-9-25-19)28-23(32)29(22)15-7-8-18(17(24)11-15)27-20(30)12-31-3/h4-11,21-22,26H,12H2,1-3H3,(H,27,30)(H,28,32)/t21-,22-/m1/s1. The van der Waals surface area contributed by atoms with E-state index in [2.05, 4.69) is 38.5 Å². The second-order valence-corrected chi connectivity index (χ2v) is 8.47. The third-order valence-electron chi connectivity index (χ3n) is 5.39. The summed E-state index contributed by atoms with van der Waals surface area (Å²) >= 11 is 12.3. The first-order valence-electron chi connectivity index (χ1n) is 10.1. The number of carbonyl (C=O) groups excluding carboxylic acids is 1. The van der Waals surface area contributed by atoms with Crippen LogP contribution in [-0.4, -0.2) is 34.7 Å². The van der Waals surface area contributed by atoms with Crippen LogP contribution in [0.1, 0.15) is 34.7 Å². The average molecular weight is 470 g/mol. The molecule has 4 rings (SSSR count). The van der Waals surface area contributed by atoms with Gasteiger partial charge in [0.2, 0.25) is 5.91 Å². The molecule has 1 saturated heterocycles. The first-order valence-corrected chi connectivity index (χ1v) is 10.9. The maximum absolute atomic E-state index is 11.9. The number of hydrogen-bond donors (Lipinski definition) is 3. The Balaban J connectivity index is 1.74. The van der Waals surface area contributed by atoms with Crippen LogP contribution in [0.25, 0.3) is 0 Å². The SMILES string of the molecule is COCC(=O)Nc1ccc(N2C(=S)N[C@H](c3ccccn3)[C@H]2c2cc(C)[nH]c2C)cc1Cl. The molecule has 0 bridgehead atoms. The fraction of sp³-hybridized carbons (Fsp3) is 0.261. The van der Waals surface area contributed by atoms with Crippen molar-refractivity contribution in [2.45, 2.75) is 25.9 Å². The Bertz CT molecular complexity index is 1150. The van der Waals surface area contributed by atoms with Crippen molar-refractivity contribution in [3.8, 4) is 0 Å². The molecule has 2 aromatic heterocycles. The summed E-state index contributed by atoms with van der Waals surface area (Å²) in [6.45, 7) is 4.04. The summed E-state index contributed by atoms with van der Waals surface area (Å²) in [5.41, 5.74) is 5.50. The van der Waals surface area contributed by atoms with Crippen molar-refractivity contribution in [1.29, 1.82) is 0 Å². The van der Waals surface area contributed by atoms with Crippen LogP contribution < -0.4 is 15.5 Å². The van der Waals surface area contributed by atoms with Crippen molar-refractivity contribution < 1.29 is 9.53 Å². The molecule has 1 aliphatic heterocycles. The highest BCUT2D eigenvalue weighted by atomic mass is 35.5. The van der Waals surface area contributed by atoms with Gasteiger partial charge in [-0.1, -0.05) is 17.7 Å². The van der Waals surface area contributed by atoms with Gasteiger partial charge in [0.05, 0.1) is 28.5 Å². The summed E-state index contributed by atoms with van der Waals surface area (Å²) < 4.78 is 4.87. The summed E-state index contributed by atoms with van der Waals surface area (Å²) in [5.74, 6) is -0.271. The van der Waals surface area contributed by atoms with Crippen molar-refractivity contribution >= 4 is 46.2 Å². The van der Waals surface area contributed by atoms with Gasteiger partial charge in [0.1, 0.15) is 6.61 Å². The minimum absolute atomic E-state index is 0.0435. The number of aryl methyl sites for hydroxylation is 2. The average Bonchev–Trinajstić information content (AvgIpc) is 3.28. The molecule has 0 unspecified atom stereocenters. The van der Waals surface area contributed by atoms with Crippen LogP contribution in [0.2, 0.25) is 5.02 Å². The quantitative estimate of drug-likeness (QED) is 0.463. The molecule has 7 nitrogen and oxygen atoms in total. The molecule has 1 aliphatic rings. The lowest BCUT2D eigenvalue weighted by molar-refractivity contribution is -0.119. The van der Waals surface area contributed by atoms with E-state index in [1.54, 1.807) is 18.3 Å². The Kier molecular flexibility index (Phi) is 6.45. The van der Waals surface area contributed by atoms with Crippen LogP contribution in [0.15, 0.2) is 48.7 Å². The van der Waals surface area contributed by atoms with E-state index in [-0.39, 0.29) is 24.6 Å². The van der Waals surface area contributed by atoms with Crippen molar-refractivity contribution in [2.24, 2.45) is 0 Å². The van der Waals surface area contributed by atoms with Crippen LogP contribution >= 0.6 is 23.8 Å². The number of H-pyrrole nitrogens is 1. The second kappa shape index (κ2) is 9.28. The zero-order valence-corrected chi connectivity index (χ0v) is 19.6.